The fourth-order valence-electron chi connectivity index (χ4n) is 3.86. The maximum Gasteiger partial charge on any atom is 0.273 e. The van der Waals surface area contributed by atoms with Crippen LogP contribution in [0.25, 0.3) is 0 Å². The van der Waals surface area contributed by atoms with Crippen molar-refractivity contribution in [2.24, 2.45) is 5.92 Å². The molecule has 2 amide bonds. The van der Waals surface area contributed by atoms with Gasteiger partial charge in [0.25, 0.3) is 5.69 Å². The predicted molar refractivity (Wildman–Crippen MR) is 136 cm³/mol. The number of carbonyl (C=O) groups excluding carboxylic acids is 2. The third-order valence-corrected chi connectivity index (χ3v) is 5.68. The highest BCUT2D eigenvalue weighted by atomic mass is 16.6. The molecular weight excluding hydrogens is 442 g/mol. The molecule has 0 saturated carbocycles. The van der Waals surface area contributed by atoms with Crippen LogP contribution >= 0.6 is 0 Å². The molecule has 0 unspecified atom stereocenters. The minimum atomic E-state index is -0.772. The van der Waals surface area contributed by atoms with Gasteiger partial charge in [0, 0.05) is 31.1 Å². The van der Waals surface area contributed by atoms with E-state index >= 15 is 0 Å². The number of nitrogens with one attached hydrogen (secondary N) is 1. The minimum absolute atomic E-state index is 0.107. The molecule has 0 saturated heterocycles. The van der Waals surface area contributed by atoms with Gasteiger partial charge in [0.2, 0.25) is 11.8 Å². The maximum atomic E-state index is 13.7. The molecular formula is C28H31N3O4. The zero-order valence-corrected chi connectivity index (χ0v) is 20.1. The second kappa shape index (κ2) is 12.5. The highest BCUT2D eigenvalue weighted by molar-refractivity contribution is 5.89. The fraction of sp³-hybridized carbons (Fsp3) is 0.286. The lowest BCUT2D eigenvalue weighted by molar-refractivity contribution is -0.385. The molecule has 0 spiro atoms. The van der Waals surface area contributed by atoms with Crippen molar-refractivity contribution in [2.75, 3.05) is 6.54 Å². The lowest BCUT2D eigenvalue weighted by atomic mass is 10.0. The van der Waals surface area contributed by atoms with Crippen molar-refractivity contribution in [3.63, 3.8) is 0 Å². The number of hydrogen-bond acceptors (Lipinski definition) is 4. The summed E-state index contributed by atoms with van der Waals surface area (Å²) in [5.74, 6) is -0.334. The Morgan fingerprint density at radius 2 is 1.46 bits per heavy atom. The lowest BCUT2D eigenvalue weighted by Gasteiger charge is -2.32. The Hall–Kier alpha value is -4.00. The van der Waals surface area contributed by atoms with Gasteiger partial charge in [-0.25, -0.2) is 0 Å². The number of amides is 2. The molecule has 0 aromatic heterocycles. The monoisotopic (exact) mass is 473 g/mol. The lowest BCUT2D eigenvalue weighted by Crippen LogP contribution is -2.51. The van der Waals surface area contributed by atoms with Crippen LogP contribution in [-0.2, 0) is 29.0 Å². The molecule has 0 aliphatic carbocycles. The quantitative estimate of drug-likeness (QED) is 0.327. The number of nitro groups is 1. The SMILES string of the molecule is CC(C)CNC(=O)[C@@H](Cc1ccccc1)N(Cc1ccccc1)C(=O)Cc1ccccc1[N+](=O)[O-]. The van der Waals surface area contributed by atoms with Crippen LogP contribution in [0.2, 0.25) is 0 Å². The molecule has 0 radical (unpaired) electrons. The van der Waals surface area contributed by atoms with Crippen molar-refractivity contribution in [1.82, 2.24) is 10.2 Å². The summed E-state index contributed by atoms with van der Waals surface area (Å²) >= 11 is 0. The molecule has 182 valence electrons. The van der Waals surface area contributed by atoms with Crippen LogP contribution in [0.15, 0.2) is 84.9 Å². The topological polar surface area (TPSA) is 92.6 Å². The molecule has 0 fully saturated rings. The Bertz CT molecular complexity index is 1130. The predicted octanol–water partition coefficient (Wildman–Crippen LogP) is 4.55. The number of para-hydroxylation sites is 1. The molecule has 7 heteroatoms. The molecule has 0 bridgehead atoms. The Balaban J connectivity index is 1.98. The smallest absolute Gasteiger partial charge is 0.273 e. The van der Waals surface area contributed by atoms with Crippen molar-refractivity contribution in [2.45, 2.75) is 39.3 Å². The molecule has 0 heterocycles. The van der Waals surface area contributed by atoms with Crippen molar-refractivity contribution in [3.8, 4) is 0 Å². The molecule has 0 aliphatic rings. The van der Waals surface area contributed by atoms with Gasteiger partial charge in [0.05, 0.1) is 11.3 Å². The van der Waals surface area contributed by atoms with E-state index in [2.05, 4.69) is 5.32 Å². The van der Waals surface area contributed by atoms with Crippen molar-refractivity contribution < 1.29 is 14.5 Å². The summed E-state index contributed by atoms with van der Waals surface area (Å²) in [6, 6.07) is 24.5. The highest BCUT2D eigenvalue weighted by Crippen LogP contribution is 2.21. The standard InChI is InChI=1S/C28H31N3O4/c1-21(2)19-29-28(33)26(17-22-11-5-3-6-12-22)30(20-23-13-7-4-8-14-23)27(32)18-24-15-9-10-16-25(24)31(34)35/h3-16,21,26H,17-20H2,1-2H3,(H,29,33)/t26-/m1/s1. The Morgan fingerprint density at radius 1 is 0.886 bits per heavy atom. The molecule has 0 aliphatic heterocycles. The summed E-state index contributed by atoms with van der Waals surface area (Å²) in [5, 5.41) is 14.5. The molecule has 35 heavy (non-hydrogen) atoms. The first-order chi connectivity index (χ1) is 16.8. The van der Waals surface area contributed by atoms with E-state index in [1.165, 1.54) is 6.07 Å². The number of benzene rings is 3. The normalized spacial score (nSPS) is 11.6. The van der Waals surface area contributed by atoms with E-state index in [4.69, 9.17) is 0 Å². The Labute approximate surface area is 205 Å². The van der Waals surface area contributed by atoms with Crippen LogP contribution < -0.4 is 5.32 Å². The van der Waals surface area contributed by atoms with Crippen LogP contribution in [-0.4, -0.2) is 34.2 Å². The van der Waals surface area contributed by atoms with Gasteiger partial charge >= 0.3 is 0 Å². The van der Waals surface area contributed by atoms with Gasteiger partial charge in [0.15, 0.2) is 0 Å². The molecule has 3 aromatic rings. The third-order valence-electron chi connectivity index (χ3n) is 5.68. The second-order valence-electron chi connectivity index (χ2n) is 8.91. The average molecular weight is 474 g/mol. The van der Waals surface area contributed by atoms with Gasteiger partial charge in [-0.1, -0.05) is 92.7 Å². The first kappa shape index (κ1) is 25.6. The summed E-state index contributed by atoms with van der Waals surface area (Å²) in [6.45, 7) is 4.72. The van der Waals surface area contributed by atoms with Gasteiger partial charge in [-0.3, -0.25) is 19.7 Å². The first-order valence-electron chi connectivity index (χ1n) is 11.7. The molecule has 7 nitrogen and oxygen atoms in total. The largest absolute Gasteiger partial charge is 0.354 e. The fourth-order valence-corrected chi connectivity index (χ4v) is 3.86. The minimum Gasteiger partial charge on any atom is -0.354 e. The van der Waals surface area contributed by atoms with E-state index in [-0.39, 0.29) is 36.4 Å². The summed E-state index contributed by atoms with van der Waals surface area (Å²) in [4.78, 5) is 39.7. The summed E-state index contributed by atoms with van der Waals surface area (Å²) in [7, 11) is 0. The average Bonchev–Trinajstić information content (AvgIpc) is 2.86. The Kier molecular flexibility index (Phi) is 9.12. The summed E-state index contributed by atoms with van der Waals surface area (Å²) < 4.78 is 0. The van der Waals surface area contributed by atoms with E-state index < -0.39 is 11.0 Å². The molecule has 1 N–H and O–H groups in total. The second-order valence-corrected chi connectivity index (χ2v) is 8.91. The van der Waals surface area contributed by atoms with Crippen LogP contribution in [0.3, 0.4) is 0 Å². The van der Waals surface area contributed by atoms with E-state index in [1.54, 1.807) is 23.1 Å². The van der Waals surface area contributed by atoms with Crippen molar-refractivity contribution in [3.05, 3.63) is 112 Å². The van der Waals surface area contributed by atoms with E-state index in [9.17, 15) is 19.7 Å². The molecule has 1 atom stereocenters. The number of carbonyl (C=O) groups is 2. The molecule has 3 aromatic carbocycles. The van der Waals surface area contributed by atoms with Crippen LogP contribution in [0.5, 0.6) is 0 Å². The number of rotatable bonds is 11. The summed E-state index contributed by atoms with van der Waals surface area (Å²) in [6.07, 6.45) is 0.160. The maximum absolute atomic E-state index is 13.7. The van der Waals surface area contributed by atoms with Gasteiger partial charge in [-0.05, 0) is 17.0 Å². The van der Waals surface area contributed by atoms with Gasteiger partial charge in [-0.15, -0.1) is 0 Å². The first-order valence-corrected chi connectivity index (χ1v) is 11.7. The zero-order valence-electron chi connectivity index (χ0n) is 20.1. The van der Waals surface area contributed by atoms with E-state index in [1.807, 2.05) is 74.5 Å². The highest BCUT2D eigenvalue weighted by Gasteiger charge is 2.31. The van der Waals surface area contributed by atoms with Gasteiger partial charge in [0.1, 0.15) is 6.04 Å². The molecule has 3 rings (SSSR count). The third kappa shape index (κ3) is 7.50. The number of nitrogens with zero attached hydrogens (tertiary/aromatic N) is 2. The van der Waals surface area contributed by atoms with E-state index in [0.717, 1.165) is 11.1 Å². The van der Waals surface area contributed by atoms with Crippen LogP contribution in [0.4, 0.5) is 5.69 Å². The van der Waals surface area contributed by atoms with Crippen LogP contribution in [0, 0.1) is 16.0 Å². The van der Waals surface area contributed by atoms with Gasteiger partial charge in [-0.2, -0.15) is 0 Å². The van der Waals surface area contributed by atoms with Crippen molar-refractivity contribution in [1.29, 1.82) is 0 Å². The van der Waals surface area contributed by atoms with Crippen LogP contribution in [0.1, 0.15) is 30.5 Å². The van der Waals surface area contributed by atoms with Crippen molar-refractivity contribution >= 4 is 17.5 Å². The Morgan fingerprint density at radius 3 is 2.06 bits per heavy atom. The zero-order chi connectivity index (χ0) is 25.2. The number of nitro benzene ring substituents is 1. The number of hydrogen-bond donors (Lipinski definition) is 1. The van der Waals surface area contributed by atoms with E-state index in [0.29, 0.717) is 18.5 Å². The summed E-state index contributed by atoms with van der Waals surface area (Å²) in [5.41, 5.74) is 2.01. The van der Waals surface area contributed by atoms with Gasteiger partial charge < -0.3 is 10.2 Å².